The molecule has 1 aliphatic rings. The Hall–Kier alpha value is -2.63. The van der Waals surface area contributed by atoms with Crippen molar-refractivity contribution < 1.29 is 9.63 Å². The van der Waals surface area contributed by atoms with Gasteiger partial charge in [-0.1, -0.05) is 65.8 Å². The summed E-state index contributed by atoms with van der Waals surface area (Å²) < 4.78 is 5.90. The van der Waals surface area contributed by atoms with Crippen molar-refractivity contribution in [3.05, 3.63) is 71.8 Å². The van der Waals surface area contributed by atoms with Gasteiger partial charge in [0.15, 0.2) is 0 Å². The van der Waals surface area contributed by atoms with E-state index in [9.17, 15) is 5.11 Å². The maximum absolute atomic E-state index is 10.9. The summed E-state index contributed by atoms with van der Waals surface area (Å²) in [7, 11) is 0. The summed E-state index contributed by atoms with van der Waals surface area (Å²) in [5.74, 6) is 1.59. The molecule has 0 saturated heterocycles. The summed E-state index contributed by atoms with van der Waals surface area (Å²) in [6.45, 7) is 8.39. The van der Waals surface area contributed by atoms with Crippen LogP contribution in [0.5, 0.6) is 0 Å². The van der Waals surface area contributed by atoms with E-state index in [1.807, 2.05) is 36.4 Å². The molecule has 1 N–H and O–H groups in total. The molecule has 0 aliphatic heterocycles. The van der Waals surface area contributed by atoms with Gasteiger partial charge in [0, 0.05) is 38.3 Å². The van der Waals surface area contributed by atoms with E-state index in [-0.39, 0.29) is 0 Å². The van der Waals surface area contributed by atoms with Gasteiger partial charge in [0.2, 0.25) is 5.88 Å². The van der Waals surface area contributed by atoms with E-state index in [0.717, 1.165) is 54.8 Å². The molecular weight excluding hydrogens is 398 g/mol. The van der Waals surface area contributed by atoms with Crippen LogP contribution in [0.2, 0.25) is 0 Å². The zero-order chi connectivity index (χ0) is 22.3. The minimum Gasteiger partial charge on any atom is -0.391 e. The average Bonchev–Trinajstić information content (AvgIpc) is 3.54. The van der Waals surface area contributed by atoms with Crippen LogP contribution >= 0.6 is 0 Å². The van der Waals surface area contributed by atoms with Crippen molar-refractivity contribution in [1.29, 1.82) is 0 Å². The second kappa shape index (κ2) is 10.8. The Morgan fingerprint density at radius 1 is 1.00 bits per heavy atom. The molecule has 1 saturated carbocycles. The number of anilines is 1. The van der Waals surface area contributed by atoms with Crippen molar-refractivity contribution in [2.24, 2.45) is 5.92 Å². The first kappa shape index (κ1) is 22.6. The zero-order valence-electron chi connectivity index (χ0n) is 19.3. The second-order valence-corrected chi connectivity index (χ2v) is 8.83. The molecule has 1 heterocycles. The highest BCUT2D eigenvalue weighted by molar-refractivity contribution is 5.68. The summed E-state index contributed by atoms with van der Waals surface area (Å²) in [5, 5.41) is 15.4. The number of benzene rings is 2. The molecule has 0 radical (unpaired) electrons. The molecule has 32 heavy (non-hydrogen) atoms. The van der Waals surface area contributed by atoms with Crippen molar-refractivity contribution in [3.63, 3.8) is 0 Å². The van der Waals surface area contributed by atoms with Crippen molar-refractivity contribution in [2.45, 2.75) is 45.8 Å². The van der Waals surface area contributed by atoms with E-state index in [0.29, 0.717) is 13.0 Å². The first-order valence-electron chi connectivity index (χ1n) is 11.9. The van der Waals surface area contributed by atoms with Crippen molar-refractivity contribution in [2.75, 3.05) is 31.1 Å². The van der Waals surface area contributed by atoms with Crippen LogP contribution in [0.4, 0.5) is 5.88 Å². The van der Waals surface area contributed by atoms with Crippen LogP contribution in [0.3, 0.4) is 0 Å². The van der Waals surface area contributed by atoms with Crippen LogP contribution in [-0.2, 0) is 13.0 Å². The highest BCUT2D eigenvalue weighted by Gasteiger charge is 2.29. The van der Waals surface area contributed by atoms with Gasteiger partial charge in [0.05, 0.1) is 11.7 Å². The lowest BCUT2D eigenvalue weighted by molar-refractivity contribution is 0.106. The Morgan fingerprint density at radius 3 is 2.28 bits per heavy atom. The summed E-state index contributed by atoms with van der Waals surface area (Å²) >= 11 is 0. The van der Waals surface area contributed by atoms with Gasteiger partial charge in [0.1, 0.15) is 5.69 Å². The van der Waals surface area contributed by atoms with Gasteiger partial charge in [-0.15, -0.1) is 0 Å². The Kier molecular flexibility index (Phi) is 7.61. The molecule has 1 atom stereocenters. The van der Waals surface area contributed by atoms with Crippen molar-refractivity contribution in [3.8, 4) is 11.3 Å². The fraction of sp³-hybridized carbons (Fsp3) is 0.444. The molecule has 0 spiro atoms. The maximum Gasteiger partial charge on any atom is 0.232 e. The molecule has 170 valence electrons. The Bertz CT molecular complexity index is 950. The Balaban J connectivity index is 1.58. The number of aliphatic hydroxyl groups excluding tert-OH is 1. The van der Waals surface area contributed by atoms with Crippen LogP contribution in [0.15, 0.2) is 65.2 Å². The molecule has 1 aromatic heterocycles. The van der Waals surface area contributed by atoms with E-state index < -0.39 is 6.10 Å². The van der Waals surface area contributed by atoms with E-state index in [4.69, 9.17) is 4.52 Å². The minimum absolute atomic E-state index is 0.409. The van der Waals surface area contributed by atoms with Crippen LogP contribution < -0.4 is 4.90 Å². The van der Waals surface area contributed by atoms with E-state index in [2.05, 4.69) is 53.1 Å². The molecule has 1 unspecified atom stereocenters. The summed E-state index contributed by atoms with van der Waals surface area (Å²) in [4.78, 5) is 4.63. The SMILES string of the molecule is CCN(CC)c1onc(-c2ccccc2)c1CN(CC(O)Cc1ccccc1)CC1CC1. The molecule has 1 aliphatic carbocycles. The van der Waals surface area contributed by atoms with Gasteiger partial charge in [-0.3, -0.25) is 4.90 Å². The molecular formula is C27H35N3O2. The molecule has 1 fully saturated rings. The largest absolute Gasteiger partial charge is 0.391 e. The normalized spacial score (nSPS) is 14.6. The highest BCUT2D eigenvalue weighted by Crippen LogP contribution is 2.35. The first-order chi connectivity index (χ1) is 15.7. The van der Waals surface area contributed by atoms with E-state index in [1.54, 1.807) is 0 Å². The van der Waals surface area contributed by atoms with Crippen molar-refractivity contribution in [1.82, 2.24) is 10.1 Å². The third kappa shape index (κ3) is 5.78. The monoisotopic (exact) mass is 433 g/mol. The fourth-order valence-electron chi connectivity index (χ4n) is 4.37. The number of nitrogens with zero attached hydrogens (tertiary/aromatic N) is 3. The minimum atomic E-state index is -0.409. The van der Waals surface area contributed by atoms with Gasteiger partial charge in [-0.25, -0.2) is 0 Å². The third-order valence-electron chi connectivity index (χ3n) is 6.24. The third-order valence-corrected chi connectivity index (χ3v) is 6.24. The lowest BCUT2D eigenvalue weighted by atomic mass is 10.0. The number of rotatable bonds is 12. The standard InChI is InChI=1S/C27H35N3O2/c1-3-30(4-2)27-25(26(28-32-27)23-13-9-6-10-14-23)20-29(18-22-15-16-22)19-24(31)17-21-11-7-5-8-12-21/h5-14,22,24,31H,3-4,15-20H2,1-2H3. The predicted octanol–water partition coefficient (Wildman–Crippen LogP) is 5.00. The Labute approximate surface area is 191 Å². The molecule has 5 nitrogen and oxygen atoms in total. The smallest absolute Gasteiger partial charge is 0.232 e. The molecule has 0 bridgehead atoms. The second-order valence-electron chi connectivity index (χ2n) is 8.83. The van der Waals surface area contributed by atoms with Gasteiger partial charge >= 0.3 is 0 Å². The fourth-order valence-corrected chi connectivity index (χ4v) is 4.37. The molecule has 2 aromatic carbocycles. The zero-order valence-corrected chi connectivity index (χ0v) is 19.3. The number of aliphatic hydroxyl groups is 1. The molecule has 4 rings (SSSR count). The van der Waals surface area contributed by atoms with Crippen LogP contribution in [0.25, 0.3) is 11.3 Å². The topological polar surface area (TPSA) is 52.7 Å². The number of aromatic nitrogens is 1. The molecule has 3 aromatic rings. The van der Waals surface area contributed by atoms with Crippen LogP contribution in [-0.4, -0.2) is 47.4 Å². The van der Waals surface area contributed by atoms with Gasteiger partial charge in [0.25, 0.3) is 0 Å². The number of hydrogen-bond acceptors (Lipinski definition) is 5. The summed E-state index contributed by atoms with van der Waals surface area (Å²) in [6, 6.07) is 20.5. The summed E-state index contributed by atoms with van der Waals surface area (Å²) in [6.07, 6.45) is 2.82. The van der Waals surface area contributed by atoms with Crippen molar-refractivity contribution >= 4 is 5.88 Å². The lowest BCUT2D eigenvalue weighted by Gasteiger charge is -2.27. The van der Waals surface area contributed by atoms with E-state index in [1.165, 1.54) is 18.4 Å². The van der Waals surface area contributed by atoms with Gasteiger partial charge in [-0.2, -0.15) is 0 Å². The van der Waals surface area contributed by atoms with Gasteiger partial charge < -0.3 is 14.5 Å². The van der Waals surface area contributed by atoms with Crippen LogP contribution in [0.1, 0.15) is 37.8 Å². The van der Waals surface area contributed by atoms with Gasteiger partial charge in [-0.05, 0) is 44.6 Å². The lowest BCUT2D eigenvalue weighted by Crippen LogP contribution is -2.35. The summed E-state index contributed by atoms with van der Waals surface area (Å²) in [5.41, 5.74) is 4.27. The maximum atomic E-state index is 10.9. The quantitative estimate of drug-likeness (QED) is 0.435. The Morgan fingerprint density at radius 2 is 1.66 bits per heavy atom. The molecule has 0 amide bonds. The predicted molar refractivity (Wildman–Crippen MR) is 130 cm³/mol. The highest BCUT2D eigenvalue weighted by atomic mass is 16.5. The first-order valence-corrected chi connectivity index (χ1v) is 11.9. The average molecular weight is 434 g/mol. The van der Waals surface area contributed by atoms with E-state index >= 15 is 0 Å². The van der Waals surface area contributed by atoms with Crippen LogP contribution in [0, 0.1) is 5.92 Å². The number of hydrogen-bond donors (Lipinski definition) is 1. The molecule has 5 heteroatoms.